The van der Waals surface area contributed by atoms with E-state index < -0.39 is 4.92 Å². The van der Waals surface area contributed by atoms with Gasteiger partial charge in [-0.25, -0.2) is 0 Å². The van der Waals surface area contributed by atoms with Gasteiger partial charge in [0, 0.05) is 83.2 Å². The lowest BCUT2D eigenvalue weighted by molar-refractivity contribution is -0.385. The van der Waals surface area contributed by atoms with Crippen LogP contribution in [0.1, 0.15) is 55.6 Å². The van der Waals surface area contributed by atoms with Gasteiger partial charge in [-0.3, -0.25) is 10.1 Å². The molecule has 476 valence electrons. The fourth-order valence-corrected chi connectivity index (χ4v) is 12.7. The molecule has 0 bridgehead atoms. The van der Waals surface area contributed by atoms with Crippen LogP contribution < -0.4 is 28.6 Å². The molecule has 13 rings (SSSR count). The first-order chi connectivity index (χ1) is 44.7. The molecule has 3 N–H and O–H groups in total. The van der Waals surface area contributed by atoms with E-state index in [1.807, 2.05) is 98.8 Å². The first-order valence-corrected chi connectivity index (χ1v) is 33.1. The summed E-state index contributed by atoms with van der Waals surface area (Å²) in [6, 6.07) is 66.8. The Balaban J connectivity index is 0.000000148. The topological polar surface area (TPSA) is 144 Å². The molecule has 0 radical (unpaired) electrons. The number of ether oxygens (including phenoxy) is 5. The van der Waals surface area contributed by atoms with Crippen LogP contribution in [0.25, 0.3) is 54.4 Å². The molecule has 0 fully saturated rings. The van der Waals surface area contributed by atoms with Gasteiger partial charge in [-0.05, 0) is 244 Å². The Morgan fingerprint density at radius 1 is 0.495 bits per heavy atom. The van der Waals surface area contributed by atoms with E-state index in [9.17, 15) is 10.1 Å². The van der Waals surface area contributed by atoms with Gasteiger partial charge in [0.05, 0.1) is 45.7 Å². The number of H-pyrrole nitrogens is 2. The first-order valence-electron chi connectivity index (χ1n) is 30.2. The minimum atomic E-state index is -0.406. The molecule has 12 nitrogen and oxygen atoms in total. The second-order valence-electron chi connectivity index (χ2n) is 22.8. The van der Waals surface area contributed by atoms with E-state index in [4.69, 9.17) is 28.8 Å². The van der Waals surface area contributed by atoms with Crippen molar-refractivity contribution >= 4 is 127 Å². The van der Waals surface area contributed by atoms with Gasteiger partial charge in [0.2, 0.25) is 0 Å². The number of phenols is 1. The van der Waals surface area contributed by atoms with E-state index in [1.54, 1.807) is 26.4 Å². The number of anilines is 1. The van der Waals surface area contributed by atoms with E-state index >= 15 is 0 Å². The molecule has 0 amide bonds. The minimum absolute atomic E-state index is 0.116. The van der Waals surface area contributed by atoms with Gasteiger partial charge in [-0.1, -0.05) is 97.1 Å². The number of hydrogen-bond acceptors (Lipinski definition) is 9. The number of nitro benzene ring substituents is 1. The summed E-state index contributed by atoms with van der Waals surface area (Å²) in [7, 11) is 7.54. The Labute approximate surface area is 579 Å². The number of nitro groups is 1. The lowest BCUT2D eigenvalue weighted by atomic mass is 10.0. The predicted octanol–water partition coefficient (Wildman–Crippen LogP) is 21.4. The number of benzene rings is 11. The summed E-state index contributed by atoms with van der Waals surface area (Å²) in [5.41, 5.74) is 16.8. The molecule has 15 heteroatoms. The number of nitrogens with zero attached hydrogens (tertiary/aromatic N) is 2. The number of hydrogen-bond donors (Lipinski definition) is 3. The van der Waals surface area contributed by atoms with Gasteiger partial charge in [-0.15, -0.1) is 0 Å². The Kier molecular flexibility index (Phi) is 23.4. The van der Waals surface area contributed by atoms with Crippen molar-refractivity contribution in [3.8, 4) is 34.5 Å². The van der Waals surface area contributed by atoms with E-state index in [-0.39, 0.29) is 5.69 Å². The van der Waals surface area contributed by atoms with Gasteiger partial charge >= 0.3 is 0 Å². The average molecular weight is 1530 g/mol. The highest BCUT2D eigenvalue weighted by Crippen LogP contribution is 2.39. The third-order valence-electron chi connectivity index (χ3n) is 15.9. The third kappa shape index (κ3) is 17.1. The molecule has 0 aliphatic rings. The number of aromatic amines is 2. The second-order valence-corrected chi connectivity index (χ2v) is 26.1. The summed E-state index contributed by atoms with van der Waals surface area (Å²) in [4.78, 5) is 19.2. The van der Waals surface area contributed by atoms with Gasteiger partial charge < -0.3 is 43.7 Å². The molecule has 0 atom stereocenters. The van der Waals surface area contributed by atoms with Crippen LogP contribution in [0.3, 0.4) is 0 Å². The maximum Gasteiger partial charge on any atom is 0.283 e. The number of aromatic hydroxyl groups is 1. The Hall–Kier alpha value is -8.78. The number of methoxy groups -OCH3 is 2. The number of nitrogens with one attached hydrogen (secondary N) is 2. The van der Waals surface area contributed by atoms with E-state index in [0.29, 0.717) is 30.0 Å². The van der Waals surface area contributed by atoms with Crippen LogP contribution in [0.15, 0.2) is 205 Å². The Morgan fingerprint density at radius 2 is 1.00 bits per heavy atom. The number of halogens is 3. The van der Waals surface area contributed by atoms with Gasteiger partial charge in [0.15, 0.2) is 0 Å². The summed E-state index contributed by atoms with van der Waals surface area (Å²) in [6.45, 7) is 16.0. The largest absolute Gasteiger partial charge is 0.508 e. The second kappa shape index (κ2) is 31.7. The Morgan fingerprint density at radius 3 is 1.49 bits per heavy atom. The van der Waals surface area contributed by atoms with Crippen molar-refractivity contribution in [3.05, 3.63) is 278 Å². The van der Waals surface area contributed by atoms with Crippen LogP contribution >= 0.6 is 61.1 Å². The van der Waals surface area contributed by atoms with Crippen LogP contribution in [-0.4, -0.2) is 48.3 Å². The number of aromatic nitrogens is 2. The maximum absolute atomic E-state index is 10.3. The predicted molar refractivity (Wildman–Crippen MR) is 403 cm³/mol. The molecule has 2 aromatic heterocycles. The quantitative estimate of drug-likeness (QED) is 0.0584. The smallest absolute Gasteiger partial charge is 0.283 e. The monoisotopic (exact) mass is 1530 g/mol. The lowest BCUT2D eigenvalue weighted by Gasteiger charge is -2.18. The normalized spacial score (nSPS) is 10.7. The first kappa shape index (κ1) is 68.6. The molecule has 0 spiro atoms. The molecule has 93 heavy (non-hydrogen) atoms. The van der Waals surface area contributed by atoms with Crippen LogP contribution in [0.2, 0.25) is 0 Å². The highest BCUT2D eigenvalue weighted by atomic mass is 127. The number of aryl methyl sites for hydroxylation is 7. The highest BCUT2D eigenvalue weighted by Gasteiger charge is 2.18. The molecule has 0 saturated carbocycles. The Bertz CT molecular complexity index is 4760. The average Bonchev–Trinajstić information content (AvgIpc) is 1.65. The van der Waals surface area contributed by atoms with E-state index in [2.05, 4.69) is 222 Å². The standard InChI is InChI=1S/C28H28N2O2.C22H21NO2.C14H13IO.C7H6BrNO2.C7H7IO/c1-17-14-24-22-13-12-20(31-5)15-25(22)29-27(24)18(2)28(17)32-16-19-8-6-10-23-21(19)9-7-11-26(23)30(3)4;1-14-11-19-18-10-9-17(24-3)12-20(18)23-21(19)15(2)22(14)25-13-16-7-5-4-6-8-16;1-11-9-13(15)7-8-14(11)16-10-12-5-3-2-4-6-12;1-5-2-3-6(8)7(4-5)9(10)11;1-5-4-6(8)2-3-7(5)9/h6-15,29H,16H2,1-5H3;4-12,23H,13H2,1-3H3;2-9H,10H2,1H3;2-4H,1H3;2-4,9H,1H3. The fourth-order valence-electron chi connectivity index (χ4n) is 11.0. The molecule has 11 aromatic carbocycles. The molecule has 0 saturated heterocycles. The van der Waals surface area contributed by atoms with Crippen molar-refractivity contribution in [1.29, 1.82) is 0 Å². The summed E-state index contributed by atoms with van der Waals surface area (Å²) in [5.74, 6) is 4.93. The van der Waals surface area contributed by atoms with Crippen molar-refractivity contribution in [1.82, 2.24) is 9.97 Å². The minimum Gasteiger partial charge on any atom is -0.508 e. The molecular weight excluding hydrogens is 1450 g/mol. The zero-order valence-electron chi connectivity index (χ0n) is 54.0. The van der Waals surface area contributed by atoms with E-state index in [0.717, 1.165) is 87.8 Å². The number of rotatable bonds is 13. The van der Waals surface area contributed by atoms with Crippen LogP contribution in [0.5, 0.6) is 34.5 Å². The van der Waals surface area contributed by atoms with Gasteiger partial charge in [0.25, 0.3) is 5.69 Å². The maximum atomic E-state index is 10.3. The van der Waals surface area contributed by atoms with Crippen LogP contribution in [0.4, 0.5) is 11.4 Å². The summed E-state index contributed by atoms with van der Waals surface area (Å²) in [5, 5.41) is 26.7. The molecule has 0 aliphatic carbocycles. The fraction of sp³-hybridized carbons (Fsp3) is 0.179. The molecular formula is C78H75BrI2N4O8. The lowest BCUT2D eigenvalue weighted by Crippen LogP contribution is -2.09. The van der Waals surface area contributed by atoms with Crippen molar-refractivity contribution in [2.45, 2.75) is 68.3 Å². The van der Waals surface area contributed by atoms with Crippen LogP contribution in [0, 0.1) is 65.7 Å². The zero-order valence-corrected chi connectivity index (χ0v) is 59.9. The number of fused-ring (bicyclic) bond motifs is 7. The molecule has 13 aromatic rings. The summed E-state index contributed by atoms with van der Waals surface area (Å²) >= 11 is 7.61. The van der Waals surface area contributed by atoms with Crippen molar-refractivity contribution in [2.75, 3.05) is 33.2 Å². The van der Waals surface area contributed by atoms with Crippen molar-refractivity contribution < 1.29 is 33.7 Å². The van der Waals surface area contributed by atoms with E-state index in [1.165, 1.54) is 69.9 Å². The summed E-state index contributed by atoms with van der Waals surface area (Å²) in [6.07, 6.45) is 0. The zero-order chi connectivity index (χ0) is 66.5. The third-order valence-corrected chi connectivity index (χ3v) is 17.9. The molecule has 0 aliphatic heterocycles. The molecule has 0 unspecified atom stereocenters. The van der Waals surface area contributed by atoms with Crippen molar-refractivity contribution in [2.24, 2.45) is 0 Å². The van der Waals surface area contributed by atoms with Gasteiger partial charge in [0.1, 0.15) is 54.3 Å². The number of phenolic OH excluding ortho intramolecular Hbond substituents is 1. The van der Waals surface area contributed by atoms with Crippen molar-refractivity contribution in [3.63, 3.8) is 0 Å². The highest BCUT2D eigenvalue weighted by molar-refractivity contribution is 14.1. The van der Waals surface area contributed by atoms with Gasteiger partial charge in [-0.2, -0.15) is 0 Å². The van der Waals surface area contributed by atoms with Crippen LogP contribution in [-0.2, 0) is 19.8 Å². The molecule has 2 heterocycles. The summed E-state index contributed by atoms with van der Waals surface area (Å²) < 4.78 is 32.0. The SMILES string of the molecule is COc1ccc2c(c1)[nH]c1c(C)c(OCc3cccc4c(N(C)C)cccc34)c(C)cc12.COc1ccc2c(c1)[nH]c1c(C)c(OCc3ccccc3)c(C)cc12.Cc1cc(I)ccc1O.Cc1cc(I)ccc1OCc1ccccc1.Cc1ccc(Br)c([N+](=O)[O-])c1.